The lowest BCUT2D eigenvalue weighted by atomic mass is 10.1. The molecule has 1 aromatic carbocycles. The number of β-amino-alcohol motifs (C(OH)–C–C–N with tert-alkyl or cyclic N) is 1. The molecular formula is C15H22N2O3. The van der Waals surface area contributed by atoms with E-state index in [2.05, 4.69) is 10.6 Å². The van der Waals surface area contributed by atoms with Crippen LogP contribution in [0.2, 0.25) is 0 Å². The van der Waals surface area contributed by atoms with Crippen LogP contribution in [0.4, 0.5) is 5.69 Å². The highest BCUT2D eigenvalue weighted by Gasteiger charge is 2.28. The van der Waals surface area contributed by atoms with Crippen molar-refractivity contribution in [2.24, 2.45) is 0 Å². The lowest BCUT2D eigenvalue weighted by Crippen LogP contribution is -2.35. The van der Waals surface area contributed by atoms with Crippen LogP contribution in [-0.2, 0) is 4.79 Å². The molecule has 1 fully saturated rings. The second-order valence-electron chi connectivity index (χ2n) is 5.48. The van der Waals surface area contributed by atoms with Gasteiger partial charge in [0.2, 0.25) is 5.91 Å². The van der Waals surface area contributed by atoms with Crippen LogP contribution in [0, 0.1) is 6.92 Å². The van der Waals surface area contributed by atoms with E-state index >= 15 is 0 Å². The van der Waals surface area contributed by atoms with E-state index in [-0.39, 0.29) is 18.1 Å². The number of rotatable bonds is 4. The molecule has 5 heteroatoms. The molecule has 2 rings (SSSR count). The van der Waals surface area contributed by atoms with Crippen molar-refractivity contribution >= 4 is 11.6 Å². The number of hydrogen-bond acceptors (Lipinski definition) is 4. The number of aliphatic hydroxyl groups is 1. The Morgan fingerprint density at radius 3 is 2.80 bits per heavy atom. The summed E-state index contributed by atoms with van der Waals surface area (Å²) in [7, 11) is 0. The van der Waals surface area contributed by atoms with E-state index in [0.29, 0.717) is 13.0 Å². The van der Waals surface area contributed by atoms with Crippen molar-refractivity contribution in [3.8, 4) is 5.75 Å². The van der Waals surface area contributed by atoms with Gasteiger partial charge in [0, 0.05) is 12.2 Å². The lowest BCUT2D eigenvalue weighted by molar-refractivity contribution is -0.117. The van der Waals surface area contributed by atoms with Gasteiger partial charge in [0.05, 0.1) is 18.2 Å². The van der Waals surface area contributed by atoms with E-state index in [0.717, 1.165) is 17.0 Å². The highest BCUT2D eigenvalue weighted by molar-refractivity contribution is 5.95. The van der Waals surface area contributed by atoms with Gasteiger partial charge in [0.25, 0.3) is 0 Å². The van der Waals surface area contributed by atoms with Gasteiger partial charge >= 0.3 is 0 Å². The molecule has 0 aliphatic carbocycles. The van der Waals surface area contributed by atoms with Crippen molar-refractivity contribution in [1.29, 1.82) is 0 Å². The van der Waals surface area contributed by atoms with E-state index < -0.39 is 6.10 Å². The first-order chi connectivity index (χ1) is 9.45. The smallest absolute Gasteiger partial charge is 0.241 e. The molecule has 0 radical (unpaired) electrons. The largest absolute Gasteiger partial charge is 0.491 e. The van der Waals surface area contributed by atoms with Crippen LogP contribution in [0.3, 0.4) is 0 Å². The zero-order valence-corrected chi connectivity index (χ0v) is 12.1. The predicted octanol–water partition coefficient (Wildman–Crippen LogP) is 1.44. The molecule has 0 aromatic heterocycles. The van der Waals surface area contributed by atoms with Crippen molar-refractivity contribution in [1.82, 2.24) is 5.32 Å². The van der Waals surface area contributed by atoms with Gasteiger partial charge in [-0.05, 0) is 51.0 Å². The Morgan fingerprint density at radius 2 is 2.25 bits per heavy atom. The van der Waals surface area contributed by atoms with Crippen LogP contribution in [-0.4, -0.2) is 35.8 Å². The fourth-order valence-electron chi connectivity index (χ4n) is 2.26. The minimum atomic E-state index is -0.436. The normalized spacial score (nSPS) is 22.1. The molecule has 5 nitrogen and oxygen atoms in total. The van der Waals surface area contributed by atoms with Gasteiger partial charge in [0.15, 0.2) is 0 Å². The summed E-state index contributed by atoms with van der Waals surface area (Å²) < 4.78 is 5.61. The average Bonchev–Trinajstić information content (AvgIpc) is 2.78. The molecule has 1 aromatic rings. The number of anilines is 1. The molecule has 2 unspecified atom stereocenters. The Kier molecular flexibility index (Phi) is 4.62. The third-order valence-electron chi connectivity index (χ3n) is 3.25. The first kappa shape index (κ1) is 14.8. The molecule has 1 aliphatic rings. The maximum atomic E-state index is 12.1. The van der Waals surface area contributed by atoms with Gasteiger partial charge in [-0.2, -0.15) is 0 Å². The van der Waals surface area contributed by atoms with Crippen LogP contribution in [0.1, 0.15) is 25.8 Å². The van der Waals surface area contributed by atoms with Crippen molar-refractivity contribution in [2.75, 3.05) is 11.9 Å². The minimum Gasteiger partial charge on any atom is -0.491 e. The Bertz CT molecular complexity index is 488. The summed E-state index contributed by atoms with van der Waals surface area (Å²) in [4.78, 5) is 12.1. The topological polar surface area (TPSA) is 70.6 Å². The maximum Gasteiger partial charge on any atom is 0.241 e. The second kappa shape index (κ2) is 6.24. The Hall–Kier alpha value is -1.59. The minimum absolute atomic E-state index is 0.109. The number of aryl methyl sites for hydroxylation is 1. The molecule has 110 valence electrons. The van der Waals surface area contributed by atoms with Crippen molar-refractivity contribution in [3.63, 3.8) is 0 Å². The van der Waals surface area contributed by atoms with E-state index in [1.165, 1.54) is 0 Å². The van der Waals surface area contributed by atoms with Gasteiger partial charge in [-0.1, -0.05) is 0 Å². The Labute approximate surface area is 119 Å². The molecule has 0 bridgehead atoms. The standard InChI is InChI=1S/C15H22N2O3/c1-9(2)20-12-4-5-13(10(3)6-12)17-15(19)14-7-11(18)8-16-14/h4-6,9,11,14,16,18H,7-8H2,1-3H3,(H,17,19). The monoisotopic (exact) mass is 278 g/mol. The number of hydrogen-bond donors (Lipinski definition) is 3. The summed E-state index contributed by atoms with van der Waals surface area (Å²) in [6.45, 7) is 6.35. The van der Waals surface area contributed by atoms with Crippen LogP contribution in [0.15, 0.2) is 18.2 Å². The Balaban J connectivity index is 2.00. The van der Waals surface area contributed by atoms with E-state index in [4.69, 9.17) is 4.74 Å². The molecular weight excluding hydrogens is 256 g/mol. The first-order valence-corrected chi connectivity index (χ1v) is 6.95. The SMILES string of the molecule is Cc1cc(OC(C)C)ccc1NC(=O)C1CC(O)CN1. The summed E-state index contributed by atoms with van der Waals surface area (Å²) in [5, 5.41) is 15.3. The molecule has 1 amide bonds. The van der Waals surface area contributed by atoms with Crippen LogP contribution in [0.5, 0.6) is 5.75 Å². The first-order valence-electron chi connectivity index (χ1n) is 6.95. The van der Waals surface area contributed by atoms with E-state index in [9.17, 15) is 9.90 Å². The fourth-order valence-corrected chi connectivity index (χ4v) is 2.26. The number of nitrogens with one attached hydrogen (secondary N) is 2. The molecule has 2 atom stereocenters. The number of amides is 1. The third-order valence-corrected chi connectivity index (χ3v) is 3.25. The predicted molar refractivity (Wildman–Crippen MR) is 78.0 cm³/mol. The highest BCUT2D eigenvalue weighted by atomic mass is 16.5. The van der Waals surface area contributed by atoms with Gasteiger partial charge in [-0.3, -0.25) is 4.79 Å². The summed E-state index contributed by atoms with van der Waals surface area (Å²) in [5.41, 5.74) is 1.73. The lowest BCUT2D eigenvalue weighted by Gasteiger charge is -2.15. The summed E-state index contributed by atoms with van der Waals surface area (Å²) in [6.07, 6.45) is 0.145. The van der Waals surface area contributed by atoms with Gasteiger partial charge in [-0.25, -0.2) is 0 Å². The van der Waals surface area contributed by atoms with Gasteiger partial charge in [0.1, 0.15) is 5.75 Å². The van der Waals surface area contributed by atoms with E-state index in [1.807, 2.05) is 39.0 Å². The van der Waals surface area contributed by atoms with Gasteiger partial charge < -0.3 is 20.5 Å². The highest BCUT2D eigenvalue weighted by Crippen LogP contribution is 2.22. The number of carbonyl (C=O) groups excluding carboxylic acids is 1. The van der Waals surface area contributed by atoms with Crippen LogP contribution >= 0.6 is 0 Å². The molecule has 3 N–H and O–H groups in total. The third kappa shape index (κ3) is 3.71. The number of carbonyl (C=O) groups is 1. The molecule has 1 heterocycles. The zero-order chi connectivity index (χ0) is 14.7. The number of aliphatic hydroxyl groups excluding tert-OH is 1. The number of benzene rings is 1. The molecule has 0 saturated carbocycles. The van der Waals surface area contributed by atoms with Crippen molar-refractivity contribution in [3.05, 3.63) is 23.8 Å². The van der Waals surface area contributed by atoms with Crippen LogP contribution < -0.4 is 15.4 Å². The van der Waals surface area contributed by atoms with Crippen molar-refractivity contribution < 1.29 is 14.6 Å². The molecule has 0 spiro atoms. The quantitative estimate of drug-likeness (QED) is 0.779. The summed E-state index contributed by atoms with van der Waals surface area (Å²) in [5.74, 6) is 0.687. The maximum absolute atomic E-state index is 12.1. The van der Waals surface area contributed by atoms with Gasteiger partial charge in [-0.15, -0.1) is 0 Å². The van der Waals surface area contributed by atoms with E-state index in [1.54, 1.807) is 0 Å². The molecule has 20 heavy (non-hydrogen) atoms. The second-order valence-corrected chi connectivity index (χ2v) is 5.48. The molecule has 1 aliphatic heterocycles. The molecule has 1 saturated heterocycles. The summed E-state index contributed by atoms with van der Waals surface area (Å²) >= 11 is 0. The van der Waals surface area contributed by atoms with Crippen molar-refractivity contribution in [2.45, 2.75) is 45.4 Å². The number of ether oxygens (including phenoxy) is 1. The fraction of sp³-hybridized carbons (Fsp3) is 0.533. The van der Waals surface area contributed by atoms with Crippen LogP contribution in [0.25, 0.3) is 0 Å². The zero-order valence-electron chi connectivity index (χ0n) is 12.1. The Morgan fingerprint density at radius 1 is 1.50 bits per heavy atom. The average molecular weight is 278 g/mol. The summed E-state index contributed by atoms with van der Waals surface area (Å²) in [6, 6.07) is 5.28.